The summed E-state index contributed by atoms with van der Waals surface area (Å²) in [6.07, 6.45) is 0.684. The van der Waals surface area contributed by atoms with Crippen LogP contribution in [0.1, 0.15) is 12.5 Å². The summed E-state index contributed by atoms with van der Waals surface area (Å²) in [4.78, 5) is 3.88. The number of hydrogen-bond acceptors (Lipinski definition) is 1. The Bertz CT molecular complexity index is 437. The molecule has 0 spiro atoms. The Labute approximate surface area is 76.2 Å². The minimum Gasteiger partial charge on any atom is -0.219 e. The van der Waals surface area contributed by atoms with Crippen molar-refractivity contribution in [3.05, 3.63) is 41.8 Å². The van der Waals surface area contributed by atoms with Crippen LogP contribution in [0.5, 0.6) is 0 Å². The zero-order valence-electron chi connectivity index (χ0n) is 7.42. The molecule has 0 fully saturated rings. The summed E-state index contributed by atoms with van der Waals surface area (Å²) < 4.78 is 13.2. The minimum atomic E-state index is -0.346. The second-order valence-electron chi connectivity index (χ2n) is 2.98. The molecule has 0 atom stereocenters. The largest absolute Gasteiger partial charge is 0.219 e. The first kappa shape index (κ1) is 8.17. The zero-order valence-corrected chi connectivity index (χ0v) is 7.42. The Hall–Kier alpha value is -1.44. The van der Waals surface area contributed by atoms with Gasteiger partial charge in [0.1, 0.15) is 0 Å². The number of halogens is 1. The first-order valence-corrected chi connectivity index (χ1v) is 4.35. The second kappa shape index (κ2) is 3.13. The van der Waals surface area contributed by atoms with Gasteiger partial charge in [-0.3, -0.25) is 0 Å². The maximum absolute atomic E-state index is 13.2. The van der Waals surface area contributed by atoms with Gasteiger partial charge in [0, 0.05) is 10.9 Å². The maximum Gasteiger partial charge on any atom is 0.216 e. The molecule has 1 aromatic carbocycles. The van der Waals surface area contributed by atoms with Crippen LogP contribution in [-0.4, -0.2) is 4.98 Å². The average molecular weight is 175 g/mol. The van der Waals surface area contributed by atoms with Crippen LogP contribution in [0.3, 0.4) is 0 Å². The summed E-state index contributed by atoms with van der Waals surface area (Å²) in [5.74, 6) is -0.346. The molecule has 0 saturated carbocycles. The van der Waals surface area contributed by atoms with Gasteiger partial charge in [-0.25, -0.2) is 4.98 Å². The van der Waals surface area contributed by atoms with Crippen LogP contribution in [0.4, 0.5) is 4.39 Å². The fraction of sp³-hybridized carbons (Fsp3) is 0.182. The Kier molecular flexibility index (Phi) is 1.97. The van der Waals surface area contributed by atoms with Crippen LogP contribution in [0, 0.1) is 5.95 Å². The lowest BCUT2D eigenvalue weighted by atomic mass is 10.1. The molecule has 2 heteroatoms. The van der Waals surface area contributed by atoms with Crippen molar-refractivity contribution < 1.29 is 4.39 Å². The van der Waals surface area contributed by atoms with Gasteiger partial charge in [-0.05, 0) is 18.6 Å². The van der Waals surface area contributed by atoms with Crippen molar-refractivity contribution in [2.45, 2.75) is 13.3 Å². The molecule has 0 aliphatic rings. The van der Waals surface area contributed by atoms with E-state index in [1.54, 1.807) is 0 Å². The van der Waals surface area contributed by atoms with Crippen molar-refractivity contribution in [1.82, 2.24) is 4.98 Å². The molecule has 66 valence electrons. The fourth-order valence-corrected chi connectivity index (χ4v) is 1.38. The van der Waals surface area contributed by atoms with Gasteiger partial charge in [-0.2, -0.15) is 4.39 Å². The van der Waals surface area contributed by atoms with Gasteiger partial charge in [0.25, 0.3) is 0 Å². The van der Waals surface area contributed by atoms with E-state index in [9.17, 15) is 4.39 Å². The molecule has 2 aromatic rings. The number of rotatable bonds is 1. The third-order valence-electron chi connectivity index (χ3n) is 2.13. The molecular weight excluding hydrogens is 165 g/mol. The van der Waals surface area contributed by atoms with Crippen LogP contribution in [-0.2, 0) is 6.42 Å². The van der Waals surface area contributed by atoms with Crippen LogP contribution < -0.4 is 0 Å². The van der Waals surface area contributed by atoms with Gasteiger partial charge >= 0.3 is 0 Å². The van der Waals surface area contributed by atoms with E-state index in [1.165, 1.54) is 0 Å². The third kappa shape index (κ3) is 1.39. The molecule has 0 amide bonds. The quantitative estimate of drug-likeness (QED) is 0.607. The van der Waals surface area contributed by atoms with E-state index in [2.05, 4.69) is 4.98 Å². The summed E-state index contributed by atoms with van der Waals surface area (Å²) in [5.41, 5.74) is 1.40. The Balaban J connectivity index is 2.74. The molecule has 0 bridgehead atoms. The minimum absolute atomic E-state index is 0.346. The predicted octanol–water partition coefficient (Wildman–Crippen LogP) is 2.94. The molecule has 0 aliphatic heterocycles. The Morgan fingerprint density at radius 3 is 2.85 bits per heavy atom. The van der Waals surface area contributed by atoms with Gasteiger partial charge < -0.3 is 0 Å². The van der Waals surface area contributed by atoms with Crippen molar-refractivity contribution in [1.29, 1.82) is 0 Å². The van der Waals surface area contributed by atoms with Crippen molar-refractivity contribution in [3.63, 3.8) is 0 Å². The summed E-state index contributed by atoms with van der Waals surface area (Å²) in [6.45, 7) is 1.93. The predicted molar refractivity (Wildman–Crippen MR) is 51.1 cm³/mol. The van der Waals surface area contributed by atoms with E-state index in [0.29, 0.717) is 12.0 Å². The normalized spacial score (nSPS) is 10.6. The highest BCUT2D eigenvalue weighted by atomic mass is 19.1. The number of fused-ring (bicyclic) bond motifs is 1. The van der Waals surface area contributed by atoms with E-state index in [4.69, 9.17) is 0 Å². The van der Waals surface area contributed by atoms with Gasteiger partial charge in [-0.15, -0.1) is 0 Å². The highest BCUT2D eigenvalue weighted by molar-refractivity contribution is 5.78. The van der Waals surface area contributed by atoms with Gasteiger partial charge in [-0.1, -0.05) is 25.1 Å². The van der Waals surface area contributed by atoms with Gasteiger partial charge in [0.2, 0.25) is 5.95 Å². The first-order valence-electron chi connectivity index (χ1n) is 4.35. The van der Waals surface area contributed by atoms with Crippen LogP contribution >= 0.6 is 0 Å². The van der Waals surface area contributed by atoms with E-state index < -0.39 is 0 Å². The summed E-state index contributed by atoms with van der Waals surface area (Å²) >= 11 is 0. The van der Waals surface area contributed by atoms with Crippen molar-refractivity contribution in [2.24, 2.45) is 0 Å². The smallest absolute Gasteiger partial charge is 0.216 e. The lowest BCUT2D eigenvalue weighted by Gasteiger charge is -2.01. The number of aryl methyl sites for hydroxylation is 1. The molecule has 0 aliphatic carbocycles. The second-order valence-corrected chi connectivity index (χ2v) is 2.98. The maximum atomic E-state index is 13.2. The number of benzene rings is 1. The van der Waals surface area contributed by atoms with E-state index in [1.807, 2.05) is 37.3 Å². The molecule has 1 nitrogen and oxygen atoms in total. The van der Waals surface area contributed by atoms with E-state index >= 15 is 0 Å². The third-order valence-corrected chi connectivity index (χ3v) is 2.13. The van der Waals surface area contributed by atoms with Crippen LogP contribution in [0.25, 0.3) is 10.9 Å². The Morgan fingerprint density at radius 2 is 2.08 bits per heavy atom. The highest BCUT2D eigenvalue weighted by Crippen LogP contribution is 2.15. The van der Waals surface area contributed by atoms with E-state index in [-0.39, 0.29) is 5.95 Å². The van der Waals surface area contributed by atoms with E-state index in [0.717, 1.165) is 10.9 Å². The summed E-state index contributed by atoms with van der Waals surface area (Å²) in [7, 11) is 0. The molecule has 0 N–H and O–H groups in total. The molecule has 1 aromatic heterocycles. The van der Waals surface area contributed by atoms with Gasteiger partial charge in [0.15, 0.2) is 0 Å². The number of hydrogen-bond donors (Lipinski definition) is 0. The summed E-state index contributed by atoms with van der Waals surface area (Å²) in [6, 6.07) is 9.41. The first-order chi connectivity index (χ1) is 6.31. The zero-order chi connectivity index (χ0) is 9.26. The number of aromatic nitrogens is 1. The van der Waals surface area contributed by atoms with Gasteiger partial charge in [0.05, 0.1) is 5.52 Å². The molecule has 13 heavy (non-hydrogen) atoms. The standard InChI is InChI=1S/C11H10FN/c1-2-8-7-9-5-3-4-6-10(9)13-11(8)12/h3-7H,2H2,1H3. The van der Waals surface area contributed by atoms with Crippen LogP contribution in [0.15, 0.2) is 30.3 Å². The Morgan fingerprint density at radius 1 is 1.31 bits per heavy atom. The monoisotopic (exact) mass is 175 g/mol. The molecule has 0 saturated heterocycles. The molecule has 1 heterocycles. The average Bonchev–Trinajstić information content (AvgIpc) is 2.17. The number of nitrogens with zero attached hydrogens (tertiary/aromatic N) is 1. The number of pyridine rings is 1. The van der Waals surface area contributed by atoms with Crippen molar-refractivity contribution in [2.75, 3.05) is 0 Å². The lowest BCUT2D eigenvalue weighted by molar-refractivity contribution is 0.574. The fourth-order valence-electron chi connectivity index (χ4n) is 1.38. The lowest BCUT2D eigenvalue weighted by Crippen LogP contribution is -1.92. The van der Waals surface area contributed by atoms with Crippen LogP contribution in [0.2, 0.25) is 0 Å². The topological polar surface area (TPSA) is 12.9 Å². The SMILES string of the molecule is CCc1cc2ccccc2nc1F. The molecular formula is C11H10FN. The molecule has 2 rings (SSSR count). The van der Waals surface area contributed by atoms with Crippen molar-refractivity contribution in [3.8, 4) is 0 Å². The highest BCUT2D eigenvalue weighted by Gasteiger charge is 2.02. The molecule has 0 radical (unpaired) electrons. The van der Waals surface area contributed by atoms with Crippen molar-refractivity contribution >= 4 is 10.9 Å². The summed E-state index contributed by atoms with van der Waals surface area (Å²) in [5, 5.41) is 1.00. The number of para-hydroxylation sites is 1. The molecule has 0 unspecified atom stereocenters.